The normalized spacial score (nSPS) is 12.6. The van der Waals surface area contributed by atoms with Crippen LogP contribution in [-0.2, 0) is 4.79 Å². The Labute approximate surface area is 109 Å². The van der Waals surface area contributed by atoms with E-state index in [1.807, 2.05) is 24.3 Å². The number of carbonyl (C=O) groups is 1. The second kappa shape index (κ2) is 5.88. The smallest absolute Gasteiger partial charge is 0.257 e. The highest BCUT2D eigenvalue weighted by Gasteiger charge is 2.09. The number of rotatable bonds is 5. The van der Waals surface area contributed by atoms with E-state index < -0.39 is 6.10 Å². The third kappa shape index (κ3) is 3.48. The third-order valence-corrected chi connectivity index (χ3v) is 3.02. The predicted octanol–water partition coefficient (Wildman–Crippen LogP) is 1.42. The minimum Gasteiger partial charge on any atom is -0.431 e. The second-order valence-electron chi connectivity index (χ2n) is 3.89. The SMILES string of the molecule is C[C@H](O)CNC(=O)CSc1nc2ccccc2o1. The summed E-state index contributed by atoms with van der Waals surface area (Å²) in [6, 6.07) is 7.45. The van der Waals surface area contributed by atoms with Gasteiger partial charge in [-0.15, -0.1) is 0 Å². The standard InChI is InChI=1S/C12H14N2O3S/c1-8(15)6-13-11(16)7-18-12-14-9-4-2-3-5-10(9)17-12/h2-5,8,15H,6-7H2,1H3,(H,13,16)/t8-/m0/s1. The maximum atomic E-state index is 11.4. The fourth-order valence-electron chi connectivity index (χ4n) is 1.35. The zero-order valence-electron chi connectivity index (χ0n) is 9.92. The van der Waals surface area contributed by atoms with Gasteiger partial charge < -0.3 is 14.8 Å². The molecular weight excluding hydrogens is 252 g/mol. The first-order chi connectivity index (χ1) is 8.65. The Bertz CT molecular complexity index is 506. The summed E-state index contributed by atoms with van der Waals surface area (Å²) in [6.45, 7) is 1.88. The van der Waals surface area contributed by atoms with Crippen molar-refractivity contribution in [2.45, 2.75) is 18.3 Å². The summed E-state index contributed by atoms with van der Waals surface area (Å²) >= 11 is 1.23. The molecule has 2 aromatic rings. The average molecular weight is 266 g/mol. The molecule has 0 aliphatic rings. The number of aromatic nitrogens is 1. The number of carbonyl (C=O) groups excluding carboxylic acids is 1. The van der Waals surface area contributed by atoms with Gasteiger partial charge in [0.1, 0.15) is 5.52 Å². The highest BCUT2D eigenvalue weighted by Crippen LogP contribution is 2.22. The number of para-hydroxylation sites is 2. The number of aliphatic hydroxyl groups is 1. The van der Waals surface area contributed by atoms with Crippen molar-refractivity contribution in [2.24, 2.45) is 0 Å². The number of nitrogens with zero attached hydrogens (tertiary/aromatic N) is 1. The number of hydrogen-bond donors (Lipinski definition) is 2. The summed E-state index contributed by atoms with van der Waals surface area (Å²) < 4.78 is 5.47. The van der Waals surface area contributed by atoms with Gasteiger partial charge in [0.15, 0.2) is 5.58 Å². The van der Waals surface area contributed by atoms with Gasteiger partial charge in [0.25, 0.3) is 5.22 Å². The van der Waals surface area contributed by atoms with Crippen LogP contribution in [0.5, 0.6) is 0 Å². The Morgan fingerprint density at radius 1 is 1.56 bits per heavy atom. The molecule has 2 rings (SSSR count). The molecule has 0 spiro atoms. The van der Waals surface area contributed by atoms with Crippen LogP contribution in [0.15, 0.2) is 33.9 Å². The summed E-state index contributed by atoms with van der Waals surface area (Å²) in [5.74, 6) is 0.0719. The van der Waals surface area contributed by atoms with Crippen molar-refractivity contribution >= 4 is 28.8 Å². The molecule has 0 unspecified atom stereocenters. The van der Waals surface area contributed by atoms with Gasteiger partial charge in [0.2, 0.25) is 5.91 Å². The highest BCUT2D eigenvalue weighted by atomic mass is 32.2. The molecule has 0 aliphatic carbocycles. The number of hydrogen-bond acceptors (Lipinski definition) is 5. The lowest BCUT2D eigenvalue weighted by molar-refractivity contribution is -0.118. The van der Waals surface area contributed by atoms with Gasteiger partial charge in [-0.1, -0.05) is 23.9 Å². The third-order valence-electron chi connectivity index (χ3n) is 2.20. The van der Waals surface area contributed by atoms with Crippen LogP contribution in [-0.4, -0.2) is 34.4 Å². The first kappa shape index (κ1) is 12.9. The van der Waals surface area contributed by atoms with E-state index in [0.29, 0.717) is 10.8 Å². The topological polar surface area (TPSA) is 75.4 Å². The molecule has 0 radical (unpaired) electrons. The van der Waals surface area contributed by atoms with E-state index in [2.05, 4.69) is 10.3 Å². The molecule has 1 aromatic carbocycles. The largest absolute Gasteiger partial charge is 0.431 e. The predicted molar refractivity (Wildman–Crippen MR) is 69.4 cm³/mol. The summed E-state index contributed by atoms with van der Waals surface area (Å²) in [7, 11) is 0. The average Bonchev–Trinajstić information content (AvgIpc) is 2.76. The van der Waals surface area contributed by atoms with Gasteiger partial charge in [-0.3, -0.25) is 4.79 Å². The number of aliphatic hydroxyl groups excluding tert-OH is 1. The summed E-state index contributed by atoms with van der Waals surface area (Å²) in [5, 5.41) is 12.1. The Hall–Kier alpha value is -1.53. The minimum atomic E-state index is -0.539. The van der Waals surface area contributed by atoms with Gasteiger partial charge in [-0.2, -0.15) is 0 Å². The van der Waals surface area contributed by atoms with E-state index in [1.165, 1.54) is 11.8 Å². The fourth-order valence-corrected chi connectivity index (χ4v) is 2.02. The lowest BCUT2D eigenvalue weighted by Gasteiger charge is -2.05. The molecule has 0 fully saturated rings. The number of thioether (sulfide) groups is 1. The molecule has 96 valence electrons. The Balaban J connectivity index is 1.88. The number of fused-ring (bicyclic) bond motifs is 1. The molecule has 0 saturated heterocycles. The number of amides is 1. The van der Waals surface area contributed by atoms with Gasteiger partial charge >= 0.3 is 0 Å². The zero-order chi connectivity index (χ0) is 13.0. The van der Waals surface area contributed by atoms with Crippen LogP contribution in [0, 0.1) is 0 Å². The van der Waals surface area contributed by atoms with E-state index >= 15 is 0 Å². The van der Waals surface area contributed by atoms with Crippen LogP contribution in [0.3, 0.4) is 0 Å². The maximum absolute atomic E-state index is 11.4. The first-order valence-corrected chi connectivity index (χ1v) is 6.57. The van der Waals surface area contributed by atoms with Crippen molar-refractivity contribution in [2.75, 3.05) is 12.3 Å². The number of nitrogens with one attached hydrogen (secondary N) is 1. The molecular formula is C12H14N2O3S. The molecule has 6 heteroatoms. The van der Waals surface area contributed by atoms with Gasteiger partial charge in [-0.05, 0) is 19.1 Å². The van der Waals surface area contributed by atoms with Gasteiger partial charge in [0.05, 0.1) is 11.9 Å². The molecule has 1 atom stereocenters. The van der Waals surface area contributed by atoms with E-state index in [4.69, 9.17) is 9.52 Å². The fraction of sp³-hybridized carbons (Fsp3) is 0.333. The number of oxazole rings is 1. The van der Waals surface area contributed by atoms with Crippen molar-refractivity contribution in [1.29, 1.82) is 0 Å². The molecule has 0 saturated carbocycles. The summed E-state index contributed by atoms with van der Waals surface area (Å²) in [6.07, 6.45) is -0.539. The molecule has 5 nitrogen and oxygen atoms in total. The Morgan fingerprint density at radius 2 is 2.33 bits per heavy atom. The van der Waals surface area contributed by atoms with Crippen LogP contribution < -0.4 is 5.32 Å². The van der Waals surface area contributed by atoms with Gasteiger partial charge in [0, 0.05) is 6.54 Å². The molecule has 1 amide bonds. The molecule has 0 bridgehead atoms. The van der Waals surface area contributed by atoms with Gasteiger partial charge in [-0.25, -0.2) is 4.98 Å². The lowest BCUT2D eigenvalue weighted by atomic mass is 10.3. The van der Waals surface area contributed by atoms with E-state index in [0.717, 1.165) is 5.52 Å². The lowest BCUT2D eigenvalue weighted by Crippen LogP contribution is -2.31. The van der Waals surface area contributed by atoms with Crippen molar-refractivity contribution in [3.05, 3.63) is 24.3 Å². The quantitative estimate of drug-likeness (QED) is 0.800. The Morgan fingerprint density at radius 3 is 3.06 bits per heavy atom. The van der Waals surface area contributed by atoms with Crippen molar-refractivity contribution < 1.29 is 14.3 Å². The zero-order valence-corrected chi connectivity index (χ0v) is 10.7. The monoisotopic (exact) mass is 266 g/mol. The van der Waals surface area contributed by atoms with Crippen molar-refractivity contribution in [3.63, 3.8) is 0 Å². The minimum absolute atomic E-state index is 0.150. The summed E-state index contributed by atoms with van der Waals surface area (Å²) in [5.41, 5.74) is 1.49. The van der Waals surface area contributed by atoms with Crippen LogP contribution in [0.1, 0.15) is 6.92 Å². The van der Waals surface area contributed by atoms with Crippen molar-refractivity contribution in [1.82, 2.24) is 10.3 Å². The highest BCUT2D eigenvalue weighted by molar-refractivity contribution is 7.99. The van der Waals surface area contributed by atoms with Crippen molar-refractivity contribution in [3.8, 4) is 0 Å². The van der Waals surface area contributed by atoms with Crippen LogP contribution >= 0.6 is 11.8 Å². The molecule has 1 aromatic heterocycles. The van der Waals surface area contributed by atoms with E-state index in [1.54, 1.807) is 6.92 Å². The first-order valence-electron chi connectivity index (χ1n) is 5.58. The molecule has 0 aliphatic heterocycles. The number of benzene rings is 1. The van der Waals surface area contributed by atoms with E-state index in [-0.39, 0.29) is 18.2 Å². The molecule has 1 heterocycles. The van der Waals surface area contributed by atoms with Crippen LogP contribution in [0.25, 0.3) is 11.1 Å². The molecule has 2 N–H and O–H groups in total. The van der Waals surface area contributed by atoms with Crippen LogP contribution in [0.2, 0.25) is 0 Å². The van der Waals surface area contributed by atoms with Crippen LogP contribution in [0.4, 0.5) is 0 Å². The summed E-state index contributed by atoms with van der Waals surface area (Å²) in [4.78, 5) is 15.7. The van der Waals surface area contributed by atoms with E-state index in [9.17, 15) is 4.79 Å². The maximum Gasteiger partial charge on any atom is 0.257 e. The molecule has 18 heavy (non-hydrogen) atoms. The second-order valence-corrected chi connectivity index (χ2v) is 4.82. The Kier molecular flexibility index (Phi) is 4.22.